The van der Waals surface area contributed by atoms with Crippen LogP contribution in [0, 0.1) is 0 Å². The van der Waals surface area contributed by atoms with Crippen molar-refractivity contribution in [1.82, 2.24) is 47.9 Å². The number of alkyl carbamates (subject to hydrolysis) is 2. The van der Waals surface area contributed by atoms with Crippen molar-refractivity contribution in [2.45, 2.75) is 284 Å². The van der Waals surface area contributed by atoms with Crippen LogP contribution in [0.5, 0.6) is 0 Å². The summed E-state index contributed by atoms with van der Waals surface area (Å²) in [6.07, 6.45) is 4.21. The molecule has 0 saturated carbocycles. The van der Waals surface area contributed by atoms with Crippen LogP contribution in [0.3, 0.4) is 0 Å². The van der Waals surface area contributed by atoms with Gasteiger partial charge >= 0.3 is 42.0 Å². The lowest BCUT2D eigenvalue weighted by Crippen LogP contribution is -2.52. The quantitative estimate of drug-likeness (QED) is 0.0170. The lowest BCUT2D eigenvalue weighted by atomic mass is 9.98. The number of benzene rings is 2. The molecular weight excluding hydrogens is 1410 g/mol. The van der Waals surface area contributed by atoms with E-state index in [9.17, 15) is 67.1 Å². The molecule has 0 aromatic heterocycles. The summed E-state index contributed by atoms with van der Waals surface area (Å²) in [5, 5.41) is 24.0. The van der Waals surface area contributed by atoms with Gasteiger partial charge in [-0.05, 0) is 160 Å². The van der Waals surface area contributed by atoms with Crippen LogP contribution >= 0.6 is 0 Å². The third-order valence-electron chi connectivity index (χ3n) is 17.0. The fraction of sp³-hybridized carbons (Fsp3) is 0.671. The number of fused-ring (bicyclic) bond motifs is 3. The summed E-state index contributed by atoms with van der Waals surface area (Å²) >= 11 is 0. The predicted octanol–water partition coefficient (Wildman–Crippen LogP) is 8.44. The number of nitrogens with one attached hydrogen (secondary N) is 9. The first-order valence-corrected chi connectivity index (χ1v) is 38.9. The van der Waals surface area contributed by atoms with Gasteiger partial charge in [-0.2, -0.15) is 0 Å². The van der Waals surface area contributed by atoms with Crippen LogP contribution in [0.2, 0.25) is 0 Å². The average Bonchev–Trinajstić information content (AvgIpc) is 1.62. The highest BCUT2D eigenvalue weighted by molar-refractivity contribution is 5.94. The Morgan fingerprint density at radius 2 is 0.761 bits per heavy atom. The number of rotatable bonds is 54. The second-order valence-corrected chi connectivity index (χ2v) is 28.9. The van der Waals surface area contributed by atoms with Crippen molar-refractivity contribution in [3.8, 4) is 11.1 Å². The Hall–Kier alpha value is -9.38. The van der Waals surface area contributed by atoms with Crippen molar-refractivity contribution in [2.75, 3.05) is 59.2 Å². The molecule has 5 unspecified atom stereocenters. The summed E-state index contributed by atoms with van der Waals surface area (Å²) in [6.45, 7) is 18.3. The van der Waals surface area contributed by atoms with E-state index in [1.807, 2.05) is 76.2 Å². The summed E-state index contributed by atoms with van der Waals surface area (Å²) in [4.78, 5) is 186. The molecule has 5 atom stereocenters. The number of unbranched alkanes of at least 4 members (excludes halogenated alkanes) is 8. The number of ether oxygens (including phenoxy) is 7. The molecule has 9 amide bonds. The first-order chi connectivity index (χ1) is 52.0. The van der Waals surface area contributed by atoms with E-state index in [1.54, 1.807) is 41.5 Å². The fourth-order valence-electron chi connectivity index (χ4n) is 11.2. The van der Waals surface area contributed by atoms with E-state index in [2.05, 4.69) is 47.9 Å². The van der Waals surface area contributed by atoms with Crippen molar-refractivity contribution in [3.05, 3.63) is 59.7 Å². The highest BCUT2D eigenvalue weighted by atomic mass is 16.6. The van der Waals surface area contributed by atoms with E-state index in [4.69, 9.17) is 33.2 Å². The monoisotopic (exact) mass is 1530 g/mol. The zero-order chi connectivity index (χ0) is 80.6. The van der Waals surface area contributed by atoms with Gasteiger partial charge in [0.05, 0.1) is 39.4 Å². The molecule has 610 valence electrons. The number of amides is 9. The number of hydrogen-bond acceptors (Lipinski definition) is 21. The molecule has 2 aromatic carbocycles. The summed E-state index contributed by atoms with van der Waals surface area (Å²) in [5.74, 6) is -8.44. The molecule has 0 radical (unpaired) electrons. The summed E-state index contributed by atoms with van der Waals surface area (Å²) in [5.41, 5.74) is 2.74. The minimum Gasteiger partial charge on any atom is -0.466 e. The maximum atomic E-state index is 14.2. The molecule has 0 heterocycles. The van der Waals surface area contributed by atoms with Crippen LogP contribution < -0.4 is 47.9 Å². The van der Waals surface area contributed by atoms with Gasteiger partial charge in [-0.3, -0.25) is 47.9 Å². The van der Waals surface area contributed by atoms with E-state index in [0.717, 1.165) is 41.5 Å². The Morgan fingerprint density at radius 1 is 0.349 bits per heavy atom. The standard InChI is InChI=1S/C79H123N9O21/c1-11-15-48-103-68(93)42-38-62(74(99)105-50-17-13-3)87-65(90)40-37-61(73(98)88-63(75(100)106-51-18-14-4)39-43-69(94)104-49-16-12-2)85-64(89)36-20-19-27-45-80-71(96)59(34-26-29-47-82-77(102)109-79(8,9)10)86-67(92)52-83-72(97)60(84-66(91)41-44-70(95)108-78(5,6)7)35-25-28-46-81-76(101)107-53-58-56-32-23-21-30-54(56)55-31-22-24-33-57(55)58/h21-24,30-33,58-63H,11-20,25-29,34-53H2,1-10H3,(H,80,96)(H,81,101)(H,82,102)(H,83,97)(H,84,91)(H,85,89)(H,86,92)(H,87,90)(H,88,98). The molecule has 0 bridgehead atoms. The van der Waals surface area contributed by atoms with Gasteiger partial charge in [-0.25, -0.2) is 19.2 Å². The third-order valence-corrected chi connectivity index (χ3v) is 17.0. The van der Waals surface area contributed by atoms with E-state index in [1.165, 1.54) is 0 Å². The topological polar surface area (TPSA) is 412 Å². The van der Waals surface area contributed by atoms with Gasteiger partial charge in [0.2, 0.25) is 41.4 Å². The predicted molar refractivity (Wildman–Crippen MR) is 405 cm³/mol. The van der Waals surface area contributed by atoms with Gasteiger partial charge in [0.25, 0.3) is 0 Å². The van der Waals surface area contributed by atoms with Crippen LogP contribution in [-0.2, 0) is 90.7 Å². The Labute approximate surface area is 642 Å². The molecule has 3 rings (SSSR count). The number of carbonyl (C=O) groups excluding carboxylic acids is 14. The molecule has 0 aliphatic heterocycles. The van der Waals surface area contributed by atoms with Gasteiger partial charge in [0.15, 0.2) is 0 Å². The zero-order valence-electron chi connectivity index (χ0n) is 65.9. The Bertz CT molecular complexity index is 3180. The fourth-order valence-corrected chi connectivity index (χ4v) is 11.2. The van der Waals surface area contributed by atoms with E-state index in [-0.39, 0.29) is 129 Å². The van der Waals surface area contributed by atoms with E-state index in [0.29, 0.717) is 70.6 Å². The minimum atomic E-state index is -1.44. The molecule has 30 nitrogen and oxygen atoms in total. The van der Waals surface area contributed by atoms with Gasteiger partial charge in [0, 0.05) is 57.7 Å². The lowest BCUT2D eigenvalue weighted by molar-refractivity contribution is -0.156. The van der Waals surface area contributed by atoms with Gasteiger partial charge in [-0.15, -0.1) is 0 Å². The highest BCUT2D eigenvalue weighted by Crippen LogP contribution is 2.44. The van der Waals surface area contributed by atoms with E-state index < -0.39 is 138 Å². The Balaban J connectivity index is 1.72. The Morgan fingerprint density at radius 3 is 1.28 bits per heavy atom. The van der Waals surface area contributed by atoms with Crippen molar-refractivity contribution >= 4 is 83.4 Å². The van der Waals surface area contributed by atoms with Gasteiger partial charge in [-0.1, -0.05) is 108 Å². The lowest BCUT2D eigenvalue weighted by Gasteiger charge is -2.23. The number of esters is 5. The van der Waals surface area contributed by atoms with Crippen molar-refractivity contribution in [1.29, 1.82) is 0 Å². The molecule has 9 N–H and O–H groups in total. The Kier molecular flexibility index (Phi) is 45.3. The molecule has 0 fully saturated rings. The first kappa shape index (κ1) is 93.8. The number of hydrogen-bond donors (Lipinski definition) is 9. The average molecular weight is 1530 g/mol. The molecule has 30 heteroatoms. The summed E-state index contributed by atoms with van der Waals surface area (Å²) < 4.78 is 37.7. The maximum absolute atomic E-state index is 14.2. The van der Waals surface area contributed by atoms with Crippen LogP contribution in [0.15, 0.2) is 48.5 Å². The normalized spacial score (nSPS) is 13.0. The van der Waals surface area contributed by atoms with Crippen LogP contribution in [0.25, 0.3) is 11.1 Å². The first-order valence-electron chi connectivity index (χ1n) is 38.9. The van der Waals surface area contributed by atoms with Crippen molar-refractivity contribution in [2.24, 2.45) is 0 Å². The van der Waals surface area contributed by atoms with Crippen molar-refractivity contribution in [3.63, 3.8) is 0 Å². The SMILES string of the molecule is CCCCOC(=O)CCC(NC(=O)CCC(NC(=O)CCCCCNC(=O)C(CCCCNC(=O)OC(C)(C)C)NC(=O)CNC(=O)C(CCCCNC(=O)OCC1c2ccccc2-c2ccccc21)NC(=O)CCC(=O)OC(C)(C)C)C(=O)NC(CCC(=O)OCCCC)C(=O)OCCCC)C(=O)OCCCC. The molecule has 109 heavy (non-hydrogen) atoms. The molecule has 1 aliphatic carbocycles. The minimum absolute atomic E-state index is 0.0355. The van der Waals surface area contributed by atoms with E-state index >= 15 is 0 Å². The second-order valence-electron chi connectivity index (χ2n) is 28.9. The maximum Gasteiger partial charge on any atom is 0.407 e. The molecule has 2 aromatic rings. The smallest absolute Gasteiger partial charge is 0.407 e. The largest absolute Gasteiger partial charge is 0.466 e. The molecule has 0 spiro atoms. The van der Waals surface area contributed by atoms with Crippen molar-refractivity contribution < 1.29 is 100 Å². The van der Waals surface area contributed by atoms with Gasteiger partial charge < -0.3 is 81.0 Å². The van der Waals surface area contributed by atoms with Crippen LogP contribution in [-0.4, -0.2) is 184 Å². The summed E-state index contributed by atoms with van der Waals surface area (Å²) in [7, 11) is 0. The molecule has 1 aliphatic rings. The molecule has 0 saturated heterocycles. The number of carbonyl (C=O) groups is 14. The second kappa shape index (κ2) is 52.6. The van der Waals surface area contributed by atoms with Crippen LogP contribution in [0.1, 0.15) is 253 Å². The van der Waals surface area contributed by atoms with Gasteiger partial charge in [0.1, 0.15) is 48.0 Å². The molecular formula is C79H123N9O21. The summed E-state index contributed by atoms with van der Waals surface area (Å²) in [6, 6.07) is 9.54. The van der Waals surface area contributed by atoms with Crippen LogP contribution in [0.4, 0.5) is 9.59 Å². The zero-order valence-corrected chi connectivity index (χ0v) is 65.9. The third kappa shape index (κ3) is 41.1. The highest BCUT2D eigenvalue weighted by Gasteiger charge is 2.33.